The Bertz CT molecular complexity index is 708. The molecular weight excluding hydrogens is 350 g/mol. The maximum atomic E-state index is 12.7. The second-order valence-electron chi connectivity index (χ2n) is 6.53. The van der Waals surface area contributed by atoms with Crippen molar-refractivity contribution in [2.24, 2.45) is 10.2 Å². The van der Waals surface area contributed by atoms with Crippen molar-refractivity contribution in [2.75, 3.05) is 4.90 Å². The summed E-state index contributed by atoms with van der Waals surface area (Å²) in [6.45, 7) is 0. The van der Waals surface area contributed by atoms with E-state index < -0.39 is 11.2 Å². The van der Waals surface area contributed by atoms with Gasteiger partial charge in [0.25, 0.3) is 0 Å². The second kappa shape index (κ2) is 8.98. The summed E-state index contributed by atoms with van der Waals surface area (Å²) in [5, 5.41) is 17.7. The van der Waals surface area contributed by atoms with Crippen LogP contribution in [0.5, 0.6) is 0 Å². The van der Waals surface area contributed by atoms with E-state index >= 15 is 0 Å². The molecule has 1 aliphatic heterocycles. The highest BCUT2D eigenvalue weighted by Crippen LogP contribution is 2.33. The highest BCUT2D eigenvalue weighted by molar-refractivity contribution is 8.16. The lowest BCUT2D eigenvalue weighted by Gasteiger charge is -2.15. The number of para-hydroxylation sites is 1. The predicted molar refractivity (Wildman–Crippen MR) is 105 cm³/mol. The lowest BCUT2D eigenvalue weighted by atomic mass is 9.99. The number of carboxylic acids is 1. The molecule has 3 rings (SSSR count). The fourth-order valence-corrected chi connectivity index (χ4v) is 4.24. The van der Waals surface area contributed by atoms with Gasteiger partial charge in [0.15, 0.2) is 5.17 Å². The zero-order valence-electron chi connectivity index (χ0n) is 14.6. The topological polar surface area (TPSA) is 82.3 Å². The van der Waals surface area contributed by atoms with Crippen LogP contribution >= 0.6 is 11.8 Å². The molecule has 0 aromatic heterocycles. The van der Waals surface area contributed by atoms with E-state index in [2.05, 4.69) is 10.2 Å². The summed E-state index contributed by atoms with van der Waals surface area (Å²) < 4.78 is 0. The number of rotatable bonds is 4. The first-order valence-electron chi connectivity index (χ1n) is 9.06. The van der Waals surface area contributed by atoms with Gasteiger partial charge in [-0.3, -0.25) is 14.5 Å². The molecule has 1 saturated carbocycles. The van der Waals surface area contributed by atoms with Crippen LogP contribution in [-0.4, -0.2) is 33.1 Å². The fraction of sp³-hybridized carbons (Fsp3) is 0.474. The first-order valence-corrected chi connectivity index (χ1v) is 9.94. The highest BCUT2D eigenvalue weighted by Gasteiger charge is 2.40. The van der Waals surface area contributed by atoms with Crippen LogP contribution in [0.4, 0.5) is 5.69 Å². The zero-order chi connectivity index (χ0) is 18.4. The molecular formula is C19H23N3O3S. The molecule has 26 heavy (non-hydrogen) atoms. The third kappa shape index (κ3) is 4.72. The molecule has 1 aromatic rings. The number of thioether (sulfide) groups is 1. The number of benzene rings is 1. The van der Waals surface area contributed by atoms with E-state index in [9.17, 15) is 9.59 Å². The average Bonchev–Trinajstić information content (AvgIpc) is 2.90. The molecule has 0 spiro atoms. The molecule has 2 aliphatic rings. The normalized spacial score (nSPS) is 23.0. The Labute approximate surface area is 157 Å². The van der Waals surface area contributed by atoms with Gasteiger partial charge in [-0.1, -0.05) is 49.2 Å². The molecule has 6 nitrogen and oxygen atoms in total. The predicted octanol–water partition coefficient (Wildman–Crippen LogP) is 4.07. The van der Waals surface area contributed by atoms with E-state index in [1.807, 2.05) is 30.3 Å². The summed E-state index contributed by atoms with van der Waals surface area (Å²) in [6, 6.07) is 9.20. The van der Waals surface area contributed by atoms with E-state index in [1.54, 1.807) is 0 Å². The van der Waals surface area contributed by atoms with Crippen molar-refractivity contribution in [3.8, 4) is 0 Å². The van der Waals surface area contributed by atoms with Crippen LogP contribution < -0.4 is 4.90 Å². The zero-order valence-corrected chi connectivity index (χ0v) is 15.5. The minimum atomic E-state index is -0.989. The Morgan fingerprint density at radius 2 is 1.73 bits per heavy atom. The monoisotopic (exact) mass is 373 g/mol. The molecule has 0 bridgehead atoms. The maximum Gasteiger partial charge on any atom is 0.305 e. The smallest absolute Gasteiger partial charge is 0.305 e. The van der Waals surface area contributed by atoms with E-state index in [0.717, 1.165) is 31.4 Å². The number of carboxylic acid groups (broad SMARTS) is 1. The number of carbonyl (C=O) groups excluding carboxylic acids is 1. The summed E-state index contributed by atoms with van der Waals surface area (Å²) in [5.74, 6) is -1.24. The number of hydrogen-bond donors (Lipinski definition) is 1. The minimum absolute atomic E-state index is 0.220. The molecule has 1 aromatic carbocycles. The first-order chi connectivity index (χ1) is 12.6. The molecule has 1 saturated heterocycles. The van der Waals surface area contributed by atoms with Crippen molar-refractivity contribution in [2.45, 2.75) is 56.6 Å². The van der Waals surface area contributed by atoms with Crippen LogP contribution in [0.2, 0.25) is 0 Å². The Kier molecular flexibility index (Phi) is 6.44. The lowest BCUT2D eigenvalue weighted by Crippen LogP contribution is -2.32. The second-order valence-corrected chi connectivity index (χ2v) is 7.70. The third-order valence-corrected chi connectivity index (χ3v) is 5.64. The van der Waals surface area contributed by atoms with Crippen molar-refractivity contribution in [3.63, 3.8) is 0 Å². The molecule has 1 N–H and O–H groups in total. The number of aliphatic carboxylic acids is 1. The van der Waals surface area contributed by atoms with Gasteiger partial charge in [-0.05, 0) is 37.8 Å². The van der Waals surface area contributed by atoms with Crippen molar-refractivity contribution in [3.05, 3.63) is 30.3 Å². The van der Waals surface area contributed by atoms with Crippen molar-refractivity contribution >= 4 is 40.2 Å². The largest absolute Gasteiger partial charge is 0.481 e. The van der Waals surface area contributed by atoms with Crippen LogP contribution in [0.15, 0.2) is 40.5 Å². The lowest BCUT2D eigenvalue weighted by molar-refractivity contribution is -0.138. The highest BCUT2D eigenvalue weighted by atomic mass is 32.2. The van der Waals surface area contributed by atoms with E-state index in [4.69, 9.17) is 5.11 Å². The molecule has 0 radical (unpaired) electrons. The van der Waals surface area contributed by atoms with E-state index in [0.29, 0.717) is 10.9 Å². The first kappa shape index (κ1) is 18.6. The van der Waals surface area contributed by atoms with Gasteiger partial charge >= 0.3 is 5.97 Å². The third-order valence-electron chi connectivity index (χ3n) is 4.52. The number of amidine groups is 1. The van der Waals surface area contributed by atoms with Gasteiger partial charge in [-0.25, -0.2) is 0 Å². The number of hydrogen-bond acceptors (Lipinski definition) is 5. The quantitative estimate of drug-likeness (QED) is 0.807. The Morgan fingerprint density at radius 3 is 2.38 bits per heavy atom. The number of nitrogens with zero attached hydrogens (tertiary/aromatic N) is 3. The van der Waals surface area contributed by atoms with Gasteiger partial charge in [0.2, 0.25) is 5.91 Å². The minimum Gasteiger partial charge on any atom is -0.481 e. The summed E-state index contributed by atoms with van der Waals surface area (Å²) in [4.78, 5) is 25.3. The summed E-state index contributed by atoms with van der Waals surface area (Å²) in [7, 11) is 0. The Morgan fingerprint density at radius 1 is 1.08 bits per heavy atom. The molecule has 1 heterocycles. The van der Waals surface area contributed by atoms with Gasteiger partial charge < -0.3 is 5.11 Å². The van der Waals surface area contributed by atoms with Gasteiger partial charge in [0.05, 0.1) is 12.1 Å². The van der Waals surface area contributed by atoms with Crippen LogP contribution in [0.25, 0.3) is 0 Å². The SMILES string of the molecule is O=C(O)C[C@H]1SC(=NN=C2CCCCCCC2)N(c2ccccc2)C1=O. The van der Waals surface area contributed by atoms with Crippen molar-refractivity contribution in [1.29, 1.82) is 0 Å². The standard InChI is InChI=1S/C19H23N3O3S/c23-17(24)13-16-18(25)22(15-11-7-4-8-12-15)19(26-16)21-20-14-9-5-2-1-3-6-10-14/h4,7-8,11-12,16H,1-3,5-6,9-10,13H2,(H,23,24)/t16-/m1/s1. The Hall–Kier alpha value is -2.15. The summed E-state index contributed by atoms with van der Waals surface area (Å²) >= 11 is 1.19. The van der Waals surface area contributed by atoms with E-state index in [1.165, 1.54) is 35.9 Å². The molecule has 1 aliphatic carbocycles. The summed E-state index contributed by atoms with van der Waals surface area (Å²) in [5.41, 5.74) is 1.76. The van der Waals surface area contributed by atoms with Crippen LogP contribution in [0, 0.1) is 0 Å². The average molecular weight is 373 g/mol. The van der Waals surface area contributed by atoms with Gasteiger partial charge in [0, 0.05) is 5.71 Å². The van der Waals surface area contributed by atoms with Gasteiger partial charge in [-0.15, -0.1) is 5.10 Å². The number of amides is 1. The Balaban J connectivity index is 1.86. The molecule has 1 atom stereocenters. The molecule has 2 fully saturated rings. The molecule has 7 heteroatoms. The van der Waals surface area contributed by atoms with E-state index in [-0.39, 0.29) is 12.3 Å². The fourth-order valence-electron chi connectivity index (χ4n) is 3.17. The number of carbonyl (C=O) groups is 2. The van der Waals surface area contributed by atoms with Gasteiger partial charge in [-0.2, -0.15) is 5.10 Å². The summed E-state index contributed by atoms with van der Waals surface area (Å²) in [6.07, 6.45) is 7.64. The number of anilines is 1. The van der Waals surface area contributed by atoms with Crippen LogP contribution in [0.3, 0.4) is 0 Å². The maximum absolute atomic E-state index is 12.7. The van der Waals surface area contributed by atoms with Crippen LogP contribution in [-0.2, 0) is 9.59 Å². The molecule has 0 unspecified atom stereocenters. The molecule has 138 valence electrons. The van der Waals surface area contributed by atoms with Crippen LogP contribution in [0.1, 0.15) is 51.4 Å². The van der Waals surface area contributed by atoms with Crippen molar-refractivity contribution in [1.82, 2.24) is 0 Å². The van der Waals surface area contributed by atoms with Crippen molar-refractivity contribution < 1.29 is 14.7 Å². The van der Waals surface area contributed by atoms with Gasteiger partial charge in [0.1, 0.15) is 5.25 Å². The molecule has 1 amide bonds.